The van der Waals surface area contributed by atoms with Gasteiger partial charge < -0.3 is 29.1 Å². The summed E-state index contributed by atoms with van der Waals surface area (Å²) in [5.74, 6) is 2.89. The van der Waals surface area contributed by atoms with Crippen molar-refractivity contribution < 1.29 is 28.5 Å². The predicted molar refractivity (Wildman–Crippen MR) is 146 cm³/mol. The fourth-order valence-electron chi connectivity index (χ4n) is 4.54. The van der Waals surface area contributed by atoms with E-state index in [0.717, 1.165) is 36.5 Å². The summed E-state index contributed by atoms with van der Waals surface area (Å²) in [6, 6.07) is 9.76. The van der Waals surface area contributed by atoms with Gasteiger partial charge in [-0.15, -0.1) is 0 Å². The van der Waals surface area contributed by atoms with Gasteiger partial charge in [0.15, 0.2) is 11.5 Å². The first kappa shape index (κ1) is 30.7. The van der Waals surface area contributed by atoms with Crippen LogP contribution >= 0.6 is 0 Å². The minimum Gasteiger partial charge on any atom is -0.493 e. The molecule has 1 heterocycles. The molecule has 7 heteroatoms. The van der Waals surface area contributed by atoms with E-state index in [-0.39, 0.29) is 17.7 Å². The number of amides is 1. The molecule has 0 saturated carbocycles. The number of aliphatic hydroxyl groups is 1. The molecule has 0 saturated heterocycles. The van der Waals surface area contributed by atoms with Crippen LogP contribution in [0.5, 0.6) is 11.5 Å². The van der Waals surface area contributed by atoms with Crippen LogP contribution in [0.25, 0.3) is 0 Å². The van der Waals surface area contributed by atoms with Gasteiger partial charge in [0, 0.05) is 26.1 Å². The second kappa shape index (κ2) is 16.4. The van der Waals surface area contributed by atoms with Crippen LogP contribution < -0.4 is 14.8 Å². The highest BCUT2D eigenvalue weighted by Crippen LogP contribution is 2.32. The van der Waals surface area contributed by atoms with Gasteiger partial charge >= 0.3 is 0 Å². The summed E-state index contributed by atoms with van der Waals surface area (Å²) in [6.07, 6.45) is 4.77. The highest BCUT2D eigenvalue weighted by molar-refractivity contribution is 5.78. The van der Waals surface area contributed by atoms with E-state index < -0.39 is 6.10 Å². The Balaban J connectivity index is 1.93. The highest BCUT2D eigenvalue weighted by atomic mass is 16.5. The molecule has 0 spiro atoms. The van der Waals surface area contributed by atoms with E-state index >= 15 is 0 Å². The molecule has 208 valence electrons. The van der Waals surface area contributed by atoms with Gasteiger partial charge in [0.2, 0.25) is 5.91 Å². The lowest BCUT2D eigenvalue weighted by atomic mass is 9.82. The minimum absolute atomic E-state index is 0.0397. The van der Waals surface area contributed by atoms with Crippen molar-refractivity contribution >= 4 is 5.91 Å². The molecule has 0 aliphatic heterocycles. The Morgan fingerprint density at radius 2 is 1.81 bits per heavy atom. The second-order valence-electron chi connectivity index (χ2n) is 10.5. The van der Waals surface area contributed by atoms with Crippen molar-refractivity contribution in [2.75, 3.05) is 27.4 Å². The van der Waals surface area contributed by atoms with Gasteiger partial charge in [0.1, 0.15) is 5.76 Å². The number of hydrogen-bond acceptors (Lipinski definition) is 6. The van der Waals surface area contributed by atoms with E-state index in [1.807, 2.05) is 26.0 Å². The van der Waals surface area contributed by atoms with Crippen LogP contribution in [0.2, 0.25) is 0 Å². The smallest absolute Gasteiger partial charge is 0.223 e. The summed E-state index contributed by atoms with van der Waals surface area (Å²) in [7, 11) is 3.33. The molecule has 0 fully saturated rings. The maximum Gasteiger partial charge on any atom is 0.223 e. The van der Waals surface area contributed by atoms with Crippen molar-refractivity contribution in [3.05, 3.63) is 47.9 Å². The molecule has 2 aromatic rings. The summed E-state index contributed by atoms with van der Waals surface area (Å²) < 4.78 is 21.8. The molecule has 2 N–H and O–H groups in total. The fourth-order valence-corrected chi connectivity index (χ4v) is 4.54. The van der Waals surface area contributed by atoms with Crippen molar-refractivity contribution in [2.24, 2.45) is 23.7 Å². The summed E-state index contributed by atoms with van der Waals surface area (Å²) in [6.45, 7) is 10.1. The Kier molecular flexibility index (Phi) is 13.6. The monoisotopic (exact) mass is 517 g/mol. The average Bonchev–Trinajstić information content (AvgIpc) is 3.39. The maximum atomic E-state index is 12.8. The van der Waals surface area contributed by atoms with Crippen molar-refractivity contribution in [1.29, 1.82) is 0 Å². The molecule has 0 radical (unpaired) electrons. The number of rotatable bonds is 18. The third kappa shape index (κ3) is 10.8. The number of carbonyl (C=O) groups is 1. The fraction of sp³-hybridized carbons (Fsp3) is 0.633. The number of furan rings is 1. The third-order valence-corrected chi connectivity index (χ3v) is 6.97. The number of hydrogen-bond donors (Lipinski definition) is 2. The van der Waals surface area contributed by atoms with Crippen LogP contribution in [-0.2, 0) is 22.5 Å². The Labute approximate surface area is 222 Å². The number of carbonyl (C=O) groups excluding carboxylic acids is 1. The lowest BCUT2D eigenvalue weighted by Gasteiger charge is -2.26. The molecule has 0 aliphatic carbocycles. The van der Waals surface area contributed by atoms with Crippen LogP contribution in [-0.4, -0.2) is 44.6 Å². The SMILES string of the molecule is COCCCOc1cc(C[C@@H](CCC(O)C[C@H](C(=O)NCc2ccco2)C(C)C)C(C)C)ccc1OC. The molecular formula is C30H47NO6. The van der Waals surface area contributed by atoms with E-state index in [9.17, 15) is 9.90 Å². The molecule has 1 unspecified atom stereocenters. The van der Waals surface area contributed by atoms with Crippen molar-refractivity contribution in [2.45, 2.75) is 72.4 Å². The lowest BCUT2D eigenvalue weighted by Crippen LogP contribution is -2.35. The molecular weight excluding hydrogens is 470 g/mol. The summed E-state index contributed by atoms with van der Waals surface area (Å²) >= 11 is 0. The van der Waals surface area contributed by atoms with Gasteiger partial charge in [-0.05, 0) is 73.3 Å². The van der Waals surface area contributed by atoms with Gasteiger partial charge in [-0.2, -0.15) is 0 Å². The molecule has 7 nitrogen and oxygen atoms in total. The number of benzene rings is 1. The molecule has 1 amide bonds. The van der Waals surface area contributed by atoms with Gasteiger partial charge in [0.25, 0.3) is 0 Å². The van der Waals surface area contributed by atoms with E-state index in [4.69, 9.17) is 18.6 Å². The molecule has 37 heavy (non-hydrogen) atoms. The Hall–Kier alpha value is -2.51. The second-order valence-corrected chi connectivity index (χ2v) is 10.5. The van der Waals surface area contributed by atoms with Gasteiger partial charge in [-0.1, -0.05) is 33.8 Å². The largest absolute Gasteiger partial charge is 0.493 e. The van der Waals surface area contributed by atoms with E-state index in [1.165, 1.54) is 5.56 Å². The van der Waals surface area contributed by atoms with E-state index in [1.54, 1.807) is 26.5 Å². The van der Waals surface area contributed by atoms with Crippen molar-refractivity contribution in [3.63, 3.8) is 0 Å². The first-order valence-electron chi connectivity index (χ1n) is 13.5. The molecule has 3 atom stereocenters. The van der Waals surface area contributed by atoms with Gasteiger partial charge in [0.05, 0.1) is 32.6 Å². The number of methoxy groups -OCH3 is 2. The third-order valence-electron chi connectivity index (χ3n) is 6.97. The van der Waals surface area contributed by atoms with Gasteiger partial charge in [-0.25, -0.2) is 0 Å². The zero-order chi connectivity index (χ0) is 27.2. The topological polar surface area (TPSA) is 90.2 Å². The summed E-state index contributed by atoms with van der Waals surface area (Å²) in [5, 5.41) is 13.8. The molecule has 0 bridgehead atoms. The van der Waals surface area contributed by atoms with Crippen LogP contribution in [0, 0.1) is 23.7 Å². The molecule has 1 aromatic carbocycles. The van der Waals surface area contributed by atoms with Crippen LogP contribution in [0.3, 0.4) is 0 Å². The Morgan fingerprint density at radius 3 is 2.43 bits per heavy atom. The Morgan fingerprint density at radius 1 is 1.03 bits per heavy atom. The molecule has 2 rings (SSSR count). The minimum atomic E-state index is -0.529. The normalized spacial score (nSPS) is 14.0. The van der Waals surface area contributed by atoms with Crippen LogP contribution in [0.15, 0.2) is 41.0 Å². The first-order valence-corrected chi connectivity index (χ1v) is 13.5. The maximum absolute atomic E-state index is 12.8. The van der Waals surface area contributed by atoms with Crippen LogP contribution in [0.1, 0.15) is 64.7 Å². The number of aliphatic hydroxyl groups excluding tert-OH is 1. The zero-order valence-electron chi connectivity index (χ0n) is 23.5. The zero-order valence-corrected chi connectivity index (χ0v) is 23.5. The number of nitrogens with one attached hydrogen (secondary N) is 1. The number of ether oxygens (including phenoxy) is 3. The van der Waals surface area contributed by atoms with E-state index in [0.29, 0.717) is 44.4 Å². The molecule has 1 aromatic heterocycles. The lowest BCUT2D eigenvalue weighted by molar-refractivity contribution is -0.127. The standard InChI is InChI=1S/C30H47NO6/c1-21(2)24(17-23-10-13-28(35-6)29(18-23)37-16-8-14-34-5)11-12-25(32)19-27(22(3)4)30(33)31-20-26-9-7-15-36-26/h7,9-10,13,15,18,21-22,24-25,27,32H,8,11-12,14,16-17,19-20H2,1-6H3,(H,31,33)/t24-,25?,27+/m1/s1. The van der Waals surface area contributed by atoms with Gasteiger partial charge in [-0.3, -0.25) is 4.79 Å². The van der Waals surface area contributed by atoms with Crippen molar-refractivity contribution in [3.8, 4) is 11.5 Å². The molecule has 0 aliphatic rings. The van der Waals surface area contributed by atoms with Crippen LogP contribution in [0.4, 0.5) is 0 Å². The summed E-state index contributed by atoms with van der Waals surface area (Å²) in [5.41, 5.74) is 1.19. The highest BCUT2D eigenvalue weighted by Gasteiger charge is 2.26. The predicted octanol–water partition coefficient (Wildman–Crippen LogP) is 5.64. The van der Waals surface area contributed by atoms with Crippen molar-refractivity contribution in [1.82, 2.24) is 5.32 Å². The Bertz CT molecular complexity index is 895. The first-order chi connectivity index (χ1) is 17.7. The van der Waals surface area contributed by atoms with E-state index in [2.05, 4.69) is 31.3 Å². The summed E-state index contributed by atoms with van der Waals surface area (Å²) in [4.78, 5) is 12.8. The quantitative estimate of drug-likeness (QED) is 0.249. The average molecular weight is 518 g/mol.